The zero-order chi connectivity index (χ0) is 11.4. The van der Waals surface area contributed by atoms with Crippen LogP contribution in [0.25, 0.3) is 0 Å². The van der Waals surface area contributed by atoms with Crippen LogP contribution in [0.15, 0.2) is 0 Å². The van der Waals surface area contributed by atoms with Crippen LogP contribution in [0.1, 0.15) is 47.5 Å². The molecule has 0 rings (SSSR count). The van der Waals surface area contributed by atoms with Crippen molar-refractivity contribution in [1.29, 1.82) is 0 Å². The lowest BCUT2D eigenvalue weighted by atomic mass is 10.1. The van der Waals surface area contributed by atoms with Crippen molar-refractivity contribution in [2.75, 3.05) is 14.2 Å². The Labute approximate surface area is 90.2 Å². The fraction of sp³-hybridized carbons (Fsp3) is 1.00. The number of hydrogen-bond donors (Lipinski definition) is 0. The van der Waals surface area contributed by atoms with E-state index in [0.717, 1.165) is 12.8 Å². The van der Waals surface area contributed by atoms with Gasteiger partial charge in [0.05, 0.1) is 0 Å². The molecule has 0 aromatic carbocycles. The molecule has 1 atom stereocenters. The van der Waals surface area contributed by atoms with Crippen LogP contribution in [-0.2, 0) is 8.85 Å². The summed E-state index contributed by atoms with van der Waals surface area (Å²) in [5, 5.41) is 0.173. The van der Waals surface area contributed by atoms with Crippen molar-refractivity contribution in [3.63, 3.8) is 0 Å². The number of hydrogen-bond acceptors (Lipinski definition) is 2. The van der Waals surface area contributed by atoms with Crippen LogP contribution in [0.4, 0.5) is 0 Å². The van der Waals surface area contributed by atoms with Gasteiger partial charge in [0, 0.05) is 24.8 Å². The molecule has 0 aromatic heterocycles. The molecule has 3 heteroatoms. The zero-order valence-corrected chi connectivity index (χ0v) is 11.8. The first-order valence-corrected chi connectivity index (χ1v) is 7.41. The Morgan fingerprint density at radius 3 is 1.79 bits per heavy atom. The molecule has 0 saturated heterocycles. The van der Waals surface area contributed by atoms with E-state index in [0.29, 0.717) is 5.54 Å². The van der Waals surface area contributed by atoms with Gasteiger partial charge < -0.3 is 8.85 Å². The third kappa shape index (κ3) is 2.20. The minimum absolute atomic E-state index is 0.173. The minimum atomic E-state index is -2.07. The summed E-state index contributed by atoms with van der Waals surface area (Å²) in [6.07, 6.45) is 2.22. The lowest BCUT2D eigenvalue weighted by Crippen LogP contribution is -2.53. The zero-order valence-electron chi connectivity index (χ0n) is 10.8. The molecule has 0 amide bonds. The van der Waals surface area contributed by atoms with Gasteiger partial charge in [-0.2, -0.15) is 0 Å². The van der Waals surface area contributed by atoms with Crippen LogP contribution in [-0.4, -0.2) is 22.8 Å². The second-order valence-corrected chi connectivity index (χ2v) is 9.11. The van der Waals surface area contributed by atoms with Gasteiger partial charge in [0.1, 0.15) is 0 Å². The SMILES string of the molecule is CCC(C)[Si](OC)(OC)C(C)(C)CC. The van der Waals surface area contributed by atoms with Gasteiger partial charge in [-0.15, -0.1) is 0 Å². The summed E-state index contributed by atoms with van der Waals surface area (Å²) in [5.41, 5.74) is 0.535. The Kier molecular flexibility index (Phi) is 5.34. The van der Waals surface area contributed by atoms with Gasteiger partial charge in [-0.25, -0.2) is 0 Å². The number of rotatable bonds is 6. The molecule has 2 nitrogen and oxygen atoms in total. The highest BCUT2D eigenvalue weighted by atomic mass is 28.4. The molecule has 0 saturated carbocycles. The molecule has 0 fully saturated rings. The van der Waals surface area contributed by atoms with Crippen LogP contribution < -0.4 is 0 Å². The first kappa shape index (κ1) is 14.1. The second kappa shape index (κ2) is 5.28. The Hall–Kier alpha value is 0.137. The Morgan fingerprint density at radius 2 is 1.57 bits per heavy atom. The van der Waals surface area contributed by atoms with Gasteiger partial charge in [0.2, 0.25) is 0 Å². The highest BCUT2D eigenvalue weighted by Gasteiger charge is 2.53. The van der Waals surface area contributed by atoms with Gasteiger partial charge in [-0.1, -0.05) is 41.0 Å². The summed E-state index contributed by atoms with van der Waals surface area (Å²) in [6, 6.07) is 0. The largest absolute Gasteiger partial charge is 0.397 e. The van der Waals surface area contributed by atoms with Crippen molar-refractivity contribution in [2.45, 2.75) is 58.0 Å². The maximum atomic E-state index is 5.81. The van der Waals surface area contributed by atoms with Crippen molar-refractivity contribution >= 4 is 8.56 Å². The van der Waals surface area contributed by atoms with E-state index in [2.05, 4.69) is 34.6 Å². The average Bonchev–Trinajstić information content (AvgIpc) is 2.19. The van der Waals surface area contributed by atoms with E-state index in [1.165, 1.54) is 0 Å². The maximum Gasteiger partial charge on any atom is 0.346 e. The quantitative estimate of drug-likeness (QED) is 0.633. The van der Waals surface area contributed by atoms with E-state index in [4.69, 9.17) is 8.85 Å². The lowest BCUT2D eigenvalue weighted by Gasteiger charge is -2.44. The second-order valence-electron chi connectivity index (χ2n) is 4.62. The van der Waals surface area contributed by atoms with E-state index in [-0.39, 0.29) is 5.04 Å². The predicted molar refractivity (Wildman–Crippen MR) is 63.8 cm³/mol. The van der Waals surface area contributed by atoms with Gasteiger partial charge in [0.25, 0.3) is 0 Å². The van der Waals surface area contributed by atoms with Crippen molar-refractivity contribution in [1.82, 2.24) is 0 Å². The monoisotopic (exact) mass is 218 g/mol. The summed E-state index contributed by atoms with van der Waals surface area (Å²) >= 11 is 0. The Bertz CT molecular complexity index is 165. The summed E-state index contributed by atoms with van der Waals surface area (Å²) in [7, 11) is 1.54. The van der Waals surface area contributed by atoms with Crippen LogP contribution in [0.2, 0.25) is 10.6 Å². The summed E-state index contributed by atoms with van der Waals surface area (Å²) in [4.78, 5) is 0. The molecule has 0 spiro atoms. The van der Waals surface area contributed by atoms with Gasteiger partial charge in [0.15, 0.2) is 0 Å². The lowest BCUT2D eigenvalue weighted by molar-refractivity contribution is 0.195. The molecule has 0 aliphatic carbocycles. The third-order valence-corrected chi connectivity index (χ3v) is 8.85. The van der Waals surface area contributed by atoms with Gasteiger partial charge in [-0.3, -0.25) is 0 Å². The van der Waals surface area contributed by atoms with E-state index in [1.54, 1.807) is 14.2 Å². The van der Waals surface area contributed by atoms with Crippen molar-refractivity contribution < 1.29 is 8.85 Å². The minimum Gasteiger partial charge on any atom is -0.397 e. The molecule has 0 heterocycles. The molecule has 14 heavy (non-hydrogen) atoms. The first-order valence-electron chi connectivity index (χ1n) is 5.52. The highest BCUT2D eigenvalue weighted by molar-refractivity contribution is 6.71. The normalized spacial score (nSPS) is 15.6. The standard InChI is InChI=1S/C11H26O2Si/c1-8-10(3)14(12-6,13-7)11(4,5)9-2/h10H,8-9H2,1-7H3. The van der Waals surface area contributed by atoms with Crippen molar-refractivity contribution in [3.05, 3.63) is 0 Å². The molecular weight excluding hydrogens is 192 g/mol. The van der Waals surface area contributed by atoms with E-state index in [1.807, 2.05) is 0 Å². The first-order chi connectivity index (χ1) is 6.41. The smallest absolute Gasteiger partial charge is 0.346 e. The predicted octanol–water partition coefficient (Wildman–Crippen LogP) is 3.71. The van der Waals surface area contributed by atoms with E-state index >= 15 is 0 Å². The van der Waals surface area contributed by atoms with Crippen LogP contribution in [0.5, 0.6) is 0 Å². The van der Waals surface area contributed by atoms with Crippen molar-refractivity contribution in [3.8, 4) is 0 Å². The molecule has 0 N–H and O–H groups in total. The topological polar surface area (TPSA) is 18.5 Å². The Balaban J connectivity index is 5.05. The fourth-order valence-corrected chi connectivity index (χ4v) is 6.66. The molecule has 0 aliphatic heterocycles. The van der Waals surface area contributed by atoms with Crippen LogP contribution in [0.3, 0.4) is 0 Å². The highest BCUT2D eigenvalue weighted by Crippen LogP contribution is 2.48. The fourth-order valence-electron chi connectivity index (χ4n) is 2.22. The average molecular weight is 218 g/mol. The summed E-state index contributed by atoms with van der Waals surface area (Å²) in [6.45, 7) is 11.2. The third-order valence-electron chi connectivity index (χ3n) is 3.69. The van der Waals surface area contributed by atoms with Crippen LogP contribution in [0, 0.1) is 0 Å². The molecule has 0 radical (unpaired) electrons. The van der Waals surface area contributed by atoms with Gasteiger partial charge in [-0.05, 0) is 6.42 Å². The molecule has 1 unspecified atom stereocenters. The summed E-state index contributed by atoms with van der Waals surface area (Å²) in [5.74, 6) is 0. The van der Waals surface area contributed by atoms with E-state index in [9.17, 15) is 0 Å². The molecule has 0 bridgehead atoms. The Morgan fingerprint density at radius 1 is 1.14 bits per heavy atom. The maximum absolute atomic E-state index is 5.81. The molecular formula is C11H26O2Si. The molecule has 0 aliphatic rings. The van der Waals surface area contributed by atoms with Crippen molar-refractivity contribution in [2.24, 2.45) is 0 Å². The van der Waals surface area contributed by atoms with Crippen LogP contribution >= 0.6 is 0 Å². The van der Waals surface area contributed by atoms with E-state index < -0.39 is 8.56 Å². The molecule has 0 aromatic rings. The van der Waals surface area contributed by atoms with Gasteiger partial charge >= 0.3 is 8.56 Å². The summed E-state index contributed by atoms with van der Waals surface area (Å²) < 4.78 is 11.6. The molecule has 86 valence electrons.